The molecule has 0 fully saturated rings. The number of hydrogen-bond acceptors (Lipinski definition) is 2. The van der Waals surface area contributed by atoms with Crippen molar-refractivity contribution in [1.82, 2.24) is 5.32 Å². The van der Waals surface area contributed by atoms with Gasteiger partial charge in [-0.3, -0.25) is 4.79 Å². The molecule has 0 saturated heterocycles. The van der Waals surface area contributed by atoms with E-state index in [2.05, 4.69) is 26.6 Å². The Balaban J connectivity index is 2.65. The van der Waals surface area contributed by atoms with E-state index >= 15 is 0 Å². The van der Waals surface area contributed by atoms with Gasteiger partial charge in [0.1, 0.15) is 5.82 Å². The summed E-state index contributed by atoms with van der Waals surface area (Å²) in [7, 11) is 0. The summed E-state index contributed by atoms with van der Waals surface area (Å²) in [6.07, 6.45) is 0.939. The average Bonchev–Trinajstić information content (AvgIpc) is 2.30. The zero-order valence-electron chi connectivity index (χ0n) is 10.2. The van der Waals surface area contributed by atoms with Gasteiger partial charge in [0.2, 0.25) is 5.91 Å². The van der Waals surface area contributed by atoms with Crippen LogP contribution in [0.5, 0.6) is 0 Å². The Morgan fingerprint density at radius 3 is 2.78 bits per heavy atom. The minimum atomic E-state index is -0.456. The normalized spacial score (nSPS) is 12.3. The van der Waals surface area contributed by atoms with Crippen LogP contribution in [-0.2, 0) is 4.79 Å². The molecule has 100 valence electrons. The van der Waals surface area contributed by atoms with E-state index in [1.165, 1.54) is 6.07 Å². The van der Waals surface area contributed by atoms with Gasteiger partial charge >= 0.3 is 0 Å². The zero-order chi connectivity index (χ0) is 13.7. The molecule has 0 aliphatic rings. The van der Waals surface area contributed by atoms with Crippen LogP contribution in [0.4, 0.5) is 10.1 Å². The second kappa shape index (κ2) is 7.07. The lowest BCUT2D eigenvalue weighted by atomic mass is 10.2. The molecule has 0 saturated carbocycles. The van der Waals surface area contributed by atoms with Crippen molar-refractivity contribution >= 4 is 39.1 Å². The molecule has 1 rings (SSSR count). The van der Waals surface area contributed by atoms with Gasteiger partial charge in [-0.1, -0.05) is 18.5 Å². The molecule has 1 amide bonds. The fourth-order valence-corrected chi connectivity index (χ4v) is 2.16. The molecule has 3 nitrogen and oxygen atoms in total. The van der Waals surface area contributed by atoms with Crippen LogP contribution in [0.2, 0.25) is 5.02 Å². The number of amides is 1. The number of benzene rings is 1. The van der Waals surface area contributed by atoms with Crippen LogP contribution in [0.1, 0.15) is 20.3 Å². The van der Waals surface area contributed by atoms with Gasteiger partial charge in [-0.2, -0.15) is 0 Å². The van der Waals surface area contributed by atoms with Crippen molar-refractivity contribution in [2.45, 2.75) is 26.3 Å². The molecule has 0 spiro atoms. The summed E-state index contributed by atoms with van der Waals surface area (Å²) in [5.74, 6) is -0.674. The summed E-state index contributed by atoms with van der Waals surface area (Å²) in [5.41, 5.74) is 0.383. The van der Waals surface area contributed by atoms with Gasteiger partial charge in [-0.05, 0) is 41.4 Å². The molecule has 0 bridgehead atoms. The van der Waals surface area contributed by atoms with Crippen molar-refractivity contribution in [1.29, 1.82) is 0 Å². The summed E-state index contributed by atoms with van der Waals surface area (Å²) in [5, 5.41) is 5.86. The number of carbonyl (C=O) groups excluding carboxylic acids is 1. The smallest absolute Gasteiger partial charge is 0.238 e. The van der Waals surface area contributed by atoms with Gasteiger partial charge in [0.25, 0.3) is 0 Å². The van der Waals surface area contributed by atoms with Crippen LogP contribution in [0, 0.1) is 5.82 Å². The Bertz CT molecular complexity index is 419. The molecule has 6 heteroatoms. The minimum Gasteiger partial charge on any atom is -0.323 e. The quantitative estimate of drug-likeness (QED) is 0.862. The van der Waals surface area contributed by atoms with Crippen molar-refractivity contribution in [3.8, 4) is 0 Å². The SMILES string of the molecule is CCC(C)NCC(=O)Nc1c(Cl)cc(F)cc1Br. The standard InChI is InChI=1S/C12H15BrClFN2O/c1-3-7(2)16-6-11(18)17-12-9(13)4-8(15)5-10(12)14/h4-5,7,16H,3,6H2,1-2H3,(H,17,18). The van der Waals surface area contributed by atoms with Crippen LogP contribution in [0.15, 0.2) is 16.6 Å². The highest BCUT2D eigenvalue weighted by atomic mass is 79.9. The number of hydrogen-bond donors (Lipinski definition) is 2. The Kier molecular flexibility index (Phi) is 6.05. The lowest BCUT2D eigenvalue weighted by Crippen LogP contribution is -2.34. The van der Waals surface area contributed by atoms with Gasteiger partial charge < -0.3 is 10.6 Å². The van der Waals surface area contributed by atoms with Crippen LogP contribution >= 0.6 is 27.5 Å². The summed E-state index contributed by atoms with van der Waals surface area (Å²) >= 11 is 9.02. The number of nitrogens with one attached hydrogen (secondary N) is 2. The highest BCUT2D eigenvalue weighted by molar-refractivity contribution is 9.10. The maximum atomic E-state index is 13.0. The van der Waals surface area contributed by atoms with E-state index < -0.39 is 5.82 Å². The summed E-state index contributed by atoms with van der Waals surface area (Å²) < 4.78 is 13.4. The third kappa shape index (κ3) is 4.55. The molecule has 0 aromatic heterocycles. The minimum absolute atomic E-state index is 0.166. The predicted octanol–water partition coefficient (Wildman–Crippen LogP) is 3.57. The molecule has 0 aliphatic carbocycles. The number of halogens is 3. The summed E-state index contributed by atoms with van der Waals surface area (Å²) in [4.78, 5) is 11.7. The van der Waals surface area contributed by atoms with E-state index in [1.54, 1.807) is 0 Å². The molecule has 2 N–H and O–H groups in total. The molecule has 0 radical (unpaired) electrons. The van der Waals surface area contributed by atoms with Crippen molar-refractivity contribution in [3.05, 3.63) is 27.4 Å². The first-order valence-corrected chi connectivity index (χ1v) is 6.79. The lowest BCUT2D eigenvalue weighted by molar-refractivity contribution is -0.115. The largest absolute Gasteiger partial charge is 0.323 e. The van der Waals surface area contributed by atoms with E-state index in [0.29, 0.717) is 10.2 Å². The van der Waals surface area contributed by atoms with Gasteiger partial charge in [-0.15, -0.1) is 0 Å². The average molecular weight is 338 g/mol. The van der Waals surface area contributed by atoms with Gasteiger partial charge in [-0.25, -0.2) is 4.39 Å². The first-order valence-electron chi connectivity index (χ1n) is 5.61. The first kappa shape index (κ1) is 15.4. The van der Waals surface area contributed by atoms with E-state index in [0.717, 1.165) is 12.5 Å². The molecule has 1 unspecified atom stereocenters. The van der Waals surface area contributed by atoms with E-state index in [4.69, 9.17) is 11.6 Å². The van der Waals surface area contributed by atoms with Crippen molar-refractivity contribution in [2.75, 3.05) is 11.9 Å². The van der Waals surface area contributed by atoms with Gasteiger partial charge in [0.05, 0.1) is 17.3 Å². The van der Waals surface area contributed by atoms with E-state index in [1.807, 2.05) is 13.8 Å². The monoisotopic (exact) mass is 336 g/mol. The molecular formula is C12H15BrClFN2O. The van der Waals surface area contributed by atoms with Crippen LogP contribution < -0.4 is 10.6 Å². The maximum absolute atomic E-state index is 13.0. The third-order valence-electron chi connectivity index (χ3n) is 2.49. The fraction of sp³-hybridized carbons (Fsp3) is 0.417. The Labute approximate surface area is 119 Å². The molecular weight excluding hydrogens is 322 g/mol. The van der Waals surface area contributed by atoms with E-state index in [-0.39, 0.29) is 23.5 Å². The highest BCUT2D eigenvalue weighted by Gasteiger charge is 2.11. The second-order valence-electron chi connectivity index (χ2n) is 3.98. The predicted molar refractivity (Wildman–Crippen MR) is 75.5 cm³/mol. The first-order chi connectivity index (χ1) is 8.43. The Morgan fingerprint density at radius 1 is 1.56 bits per heavy atom. The maximum Gasteiger partial charge on any atom is 0.238 e. The molecule has 1 aromatic carbocycles. The van der Waals surface area contributed by atoms with Crippen molar-refractivity contribution < 1.29 is 9.18 Å². The molecule has 1 aromatic rings. The van der Waals surface area contributed by atoms with Crippen LogP contribution in [-0.4, -0.2) is 18.5 Å². The summed E-state index contributed by atoms with van der Waals surface area (Å²) in [6.45, 7) is 4.21. The molecule has 0 aliphatic heterocycles. The third-order valence-corrected chi connectivity index (χ3v) is 3.42. The van der Waals surface area contributed by atoms with Crippen LogP contribution in [0.25, 0.3) is 0 Å². The van der Waals surface area contributed by atoms with Gasteiger partial charge in [0, 0.05) is 10.5 Å². The fourth-order valence-electron chi connectivity index (χ4n) is 1.26. The zero-order valence-corrected chi connectivity index (χ0v) is 12.5. The highest BCUT2D eigenvalue weighted by Crippen LogP contribution is 2.31. The number of carbonyl (C=O) groups is 1. The molecule has 18 heavy (non-hydrogen) atoms. The van der Waals surface area contributed by atoms with E-state index in [9.17, 15) is 9.18 Å². The van der Waals surface area contributed by atoms with Crippen molar-refractivity contribution in [3.63, 3.8) is 0 Å². The lowest BCUT2D eigenvalue weighted by Gasteiger charge is -2.13. The molecule has 1 atom stereocenters. The molecule has 0 heterocycles. The Hall–Kier alpha value is -0.650. The Morgan fingerprint density at radius 2 is 2.22 bits per heavy atom. The summed E-state index contributed by atoms with van der Waals surface area (Å²) in [6, 6.07) is 2.68. The van der Waals surface area contributed by atoms with Gasteiger partial charge in [0.15, 0.2) is 0 Å². The van der Waals surface area contributed by atoms with Crippen LogP contribution in [0.3, 0.4) is 0 Å². The second-order valence-corrected chi connectivity index (χ2v) is 5.24. The topological polar surface area (TPSA) is 41.1 Å². The van der Waals surface area contributed by atoms with Crippen molar-refractivity contribution in [2.24, 2.45) is 0 Å². The number of anilines is 1. The number of rotatable bonds is 5.